The topological polar surface area (TPSA) is 67.5 Å². The third-order valence-corrected chi connectivity index (χ3v) is 6.54. The van der Waals surface area contributed by atoms with Crippen LogP contribution in [0.2, 0.25) is 0 Å². The van der Waals surface area contributed by atoms with Gasteiger partial charge < -0.3 is 9.52 Å². The molecule has 0 aliphatic rings. The fourth-order valence-electron chi connectivity index (χ4n) is 2.52. The molecule has 9 heteroatoms. The summed E-state index contributed by atoms with van der Waals surface area (Å²) in [4.78, 5) is 22.9. The fourth-order valence-corrected chi connectivity index (χ4v) is 4.52. The molecule has 0 spiro atoms. The van der Waals surface area contributed by atoms with Crippen molar-refractivity contribution < 1.29 is 18.7 Å². The summed E-state index contributed by atoms with van der Waals surface area (Å²) >= 11 is 9.37. The lowest BCUT2D eigenvalue weighted by Gasteiger charge is -2.03. The van der Waals surface area contributed by atoms with Crippen LogP contribution >= 0.6 is 83.7 Å². The highest BCUT2D eigenvalue weighted by atomic mass is 127. The SMILES string of the molecule is O=C(O)c1cc(I)ccc1I.O=c1c2cc(Br)ccc2oc2c(F)cc(I)cc12. The third kappa shape index (κ3) is 5.28. The fraction of sp³-hybridized carbons (Fsp3) is 0. The predicted molar refractivity (Wildman–Crippen MR) is 139 cm³/mol. The minimum atomic E-state index is -0.868. The first-order chi connectivity index (χ1) is 13.7. The summed E-state index contributed by atoms with van der Waals surface area (Å²) < 4.78 is 22.4. The number of fused-ring (bicyclic) bond motifs is 2. The van der Waals surface area contributed by atoms with Crippen LogP contribution < -0.4 is 5.43 Å². The Bertz CT molecular complexity index is 1320. The Hall–Kier alpha value is -0.800. The molecule has 0 unspecified atom stereocenters. The molecule has 0 saturated heterocycles. The normalized spacial score (nSPS) is 10.7. The minimum Gasteiger partial charge on any atom is -0.478 e. The minimum absolute atomic E-state index is 0.00948. The summed E-state index contributed by atoms with van der Waals surface area (Å²) in [6, 6.07) is 13.4. The largest absolute Gasteiger partial charge is 0.478 e. The van der Waals surface area contributed by atoms with Gasteiger partial charge in [-0.3, -0.25) is 4.79 Å². The van der Waals surface area contributed by atoms with Gasteiger partial charge in [-0.05, 0) is 116 Å². The number of carboxylic acids is 1. The van der Waals surface area contributed by atoms with E-state index in [0.717, 1.165) is 11.6 Å². The van der Waals surface area contributed by atoms with Gasteiger partial charge in [-0.25, -0.2) is 9.18 Å². The van der Waals surface area contributed by atoms with Crippen molar-refractivity contribution in [2.45, 2.75) is 0 Å². The molecule has 0 aliphatic heterocycles. The van der Waals surface area contributed by atoms with E-state index in [-0.39, 0.29) is 16.4 Å². The summed E-state index contributed by atoms with van der Waals surface area (Å²) in [7, 11) is 0. The zero-order valence-electron chi connectivity index (χ0n) is 14.2. The molecule has 148 valence electrons. The Labute approximate surface area is 213 Å². The van der Waals surface area contributed by atoms with Gasteiger partial charge in [0.2, 0.25) is 5.43 Å². The summed E-state index contributed by atoms with van der Waals surface area (Å²) in [6.07, 6.45) is 0. The van der Waals surface area contributed by atoms with Crippen LogP contribution in [-0.4, -0.2) is 11.1 Å². The highest BCUT2D eigenvalue weighted by molar-refractivity contribution is 14.1. The molecule has 0 amide bonds. The molecule has 0 bridgehead atoms. The van der Waals surface area contributed by atoms with Crippen molar-refractivity contribution in [3.8, 4) is 0 Å². The zero-order valence-corrected chi connectivity index (χ0v) is 22.2. The van der Waals surface area contributed by atoms with E-state index in [9.17, 15) is 14.0 Å². The molecule has 3 aromatic carbocycles. The lowest BCUT2D eigenvalue weighted by Crippen LogP contribution is -2.03. The second-order valence-electron chi connectivity index (χ2n) is 5.77. The van der Waals surface area contributed by atoms with Crippen molar-refractivity contribution in [3.05, 3.63) is 85.3 Å². The predicted octanol–water partition coefficient (Wildman–Crippen LogP) is 7.05. The maximum absolute atomic E-state index is 13.8. The molecule has 29 heavy (non-hydrogen) atoms. The number of hydrogen-bond acceptors (Lipinski definition) is 3. The van der Waals surface area contributed by atoms with Crippen molar-refractivity contribution in [2.75, 3.05) is 0 Å². The van der Waals surface area contributed by atoms with Crippen molar-refractivity contribution in [1.82, 2.24) is 0 Å². The maximum atomic E-state index is 13.8. The molecular weight excluding hydrogens is 784 g/mol. The van der Waals surface area contributed by atoms with Crippen LogP contribution in [0.25, 0.3) is 21.9 Å². The van der Waals surface area contributed by atoms with Gasteiger partial charge in [0.05, 0.1) is 16.3 Å². The molecule has 0 radical (unpaired) electrons. The molecule has 4 rings (SSSR count). The van der Waals surface area contributed by atoms with Crippen molar-refractivity contribution in [2.24, 2.45) is 0 Å². The maximum Gasteiger partial charge on any atom is 0.336 e. The van der Waals surface area contributed by atoms with E-state index in [1.165, 1.54) is 6.07 Å². The van der Waals surface area contributed by atoms with Gasteiger partial charge in [0.1, 0.15) is 5.58 Å². The van der Waals surface area contributed by atoms with Crippen LogP contribution in [0.15, 0.2) is 62.2 Å². The molecule has 0 fully saturated rings. The number of hydrogen-bond donors (Lipinski definition) is 1. The number of benzene rings is 3. The monoisotopic (exact) mass is 792 g/mol. The quantitative estimate of drug-likeness (QED) is 0.166. The van der Waals surface area contributed by atoms with Crippen LogP contribution in [0.4, 0.5) is 4.39 Å². The van der Waals surface area contributed by atoms with E-state index in [4.69, 9.17) is 9.52 Å². The molecule has 1 N–H and O–H groups in total. The lowest BCUT2D eigenvalue weighted by atomic mass is 10.1. The van der Waals surface area contributed by atoms with Crippen LogP contribution in [-0.2, 0) is 0 Å². The third-order valence-electron chi connectivity index (χ3n) is 3.81. The van der Waals surface area contributed by atoms with Gasteiger partial charge in [-0.1, -0.05) is 15.9 Å². The summed E-state index contributed by atoms with van der Waals surface area (Å²) in [5, 5.41) is 9.39. The molecule has 4 nitrogen and oxygen atoms in total. The molecular formula is C20H9BrFI3O4. The van der Waals surface area contributed by atoms with Gasteiger partial charge in [-0.15, -0.1) is 0 Å². The van der Waals surface area contributed by atoms with Gasteiger partial charge in [0.25, 0.3) is 0 Å². The van der Waals surface area contributed by atoms with E-state index in [1.807, 2.05) is 51.2 Å². The van der Waals surface area contributed by atoms with Gasteiger partial charge in [-0.2, -0.15) is 0 Å². The standard InChI is InChI=1S/C13H5BrFIO2.C7H4I2O2/c14-6-1-2-11-8(3-6)12(17)9-4-7(16)5-10(15)13(9)18-11;8-4-1-2-6(9)5(3-4)7(10)11/h1-5H;1-3H,(H,10,11). The molecule has 0 saturated carbocycles. The van der Waals surface area contributed by atoms with Crippen LogP contribution in [0.1, 0.15) is 10.4 Å². The summed E-state index contributed by atoms with van der Waals surface area (Å²) in [5.41, 5.74) is 0.550. The Balaban J connectivity index is 0.000000188. The van der Waals surface area contributed by atoms with Crippen molar-refractivity contribution >= 4 is 112 Å². The Kier molecular flexibility index (Phi) is 7.54. The molecule has 0 atom stereocenters. The highest BCUT2D eigenvalue weighted by Crippen LogP contribution is 2.25. The van der Waals surface area contributed by atoms with Gasteiger partial charge in [0.15, 0.2) is 11.4 Å². The first-order valence-corrected chi connectivity index (χ1v) is 11.9. The number of carbonyl (C=O) groups is 1. The summed E-state index contributed by atoms with van der Waals surface area (Å²) in [6.45, 7) is 0. The average Bonchev–Trinajstić information content (AvgIpc) is 2.66. The zero-order chi connectivity index (χ0) is 21.3. The average molecular weight is 793 g/mol. The Morgan fingerprint density at radius 3 is 2.34 bits per heavy atom. The summed E-state index contributed by atoms with van der Waals surface area (Å²) in [5.74, 6) is -1.38. The highest BCUT2D eigenvalue weighted by Gasteiger charge is 2.12. The number of rotatable bonds is 1. The molecule has 1 heterocycles. The van der Waals surface area contributed by atoms with Crippen molar-refractivity contribution in [1.29, 1.82) is 0 Å². The Morgan fingerprint density at radius 2 is 1.69 bits per heavy atom. The van der Waals surface area contributed by atoms with Crippen LogP contribution in [0.5, 0.6) is 0 Å². The first kappa shape index (κ1) is 22.9. The smallest absolute Gasteiger partial charge is 0.336 e. The van der Waals surface area contributed by atoms with Gasteiger partial charge >= 0.3 is 5.97 Å². The van der Waals surface area contributed by atoms with E-state index < -0.39 is 11.8 Å². The van der Waals surface area contributed by atoms with Crippen LogP contribution in [0.3, 0.4) is 0 Å². The van der Waals surface area contributed by atoms with Gasteiger partial charge in [0, 0.05) is 15.2 Å². The van der Waals surface area contributed by atoms with Crippen LogP contribution in [0, 0.1) is 16.5 Å². The second kappa shape index (κ2) is 9.56. The molecule has 0 aliphatic carbocycles. The van der Waals surface area contributed by atoms with E-state index in [2.05, 4.69) is 38.5 Å². The van der Waals surface area contributed by atoms with Crippen molar-refractivity contribution in [3.63, 3.8) is 0 Å². The van der Waals surface area contributed by atoms with E-state index in [0.29, 0.717) is 20.1 Å². The number of halogens is 5. The Morgan fingerprint density at radius 1 is 0.966 bits per heavy atom. The lowest BCUT2D eigenvalue weighted by molar-refractivity contribution is 0.0695. The molecule has 1 aromatic heterocycles. The number of aromatic carboxylic acids is 1. The first-order valence-electron chi connectivity index (χ1n) is 7.87. The molecule has 4 aromatic rings. The number of carboxylic acid groups (broad SMARTS) is 1. The van der Waals surface area contributed by atoms with E-state index >= 15 is 0 Å². The second-order valence-corrected chi connectivity index (χ2v) is 10.3. The van der Waals surface area contributed by atoms with E-state index in [1.54, 1.807) is 36.4 Å².